The van der Waals surface area contributed by atoms with E-state index in [4.69, 9.17) is 9.15 Å². The van der Waals surface area contributed by atoms with Crippen LogP contribution >= 0.6 is 0 Å². The van der Waals surface area contributed by atoms with Gasteiger partial charge in [-0.3, -0.25) is 4.90 Å². The molecule has 5 nitrogen and oxygen atoms in total. The number of hydrogen-bond donors (Lipinski definition) is 1. The highest BCUT2D eigenvalue weighted by Gasteiger charge is 2.27. The van der Waals surface area contributed by atoms with Crippen molar-refractivity contribution in [3.63, 3.8) is 0 Å². The van der Waals surface area contributed by atoms with E-state index in [1.807, 2.05) is 19.9 Å². The number of esters is 1. The van der Waals surface area contributed by atoms with Crippen LogP contribution < -0.4 is 0 Å². The Morgan fingerprint density at radius 3 is 3.05 bits per heavy atom. The molecule has 0 aromatic carbocycles. The minimum absolute atomic E-state index is 0.286. The molecule has 0 spiro atoms. The first kappa shape index (κ1) is 15.1. The summed E-state index contributed by atoms with van der Waals surface area (Å²) in [5.41, 5.74) is 0.804. The van der Waals surface area contributed by atoms with E-state index in [2.05, 4.69) is 4.90 Å². The highest BCUT2D eigenvalue weighted by atomic mass is 16.5. The Kier molecular flexibility index (Phi) is 4.83. The molecule has 5 heteroatoms. The van der Waals surface area contributed by atoms with Crippen molar-refractivity contribution in [1.82, 2.24) is 4.90 Å². The van der Waals surface area contributed by atoms with E-state index >= 15 is 0 Å². The Bertz CT molecular complexity index is 466. The first-order valence-corrected chi connectivity index (χ1v) is 7.11. The molecule has 1 N–H and O–H groups in total. The summed E-state index contributed by atoms with van der Waals surface area (Å²) in [5.74, 6) is 0.630. The molecule has 2 rings (SSSR count). The van der Waals surface area contributed by atoms with Crippen molar-refractivity contribution in [3.8, 4) is 0 Å². The number of ether oxygens (including phenoxy) is 1. The van der Waals surface area contributed by atoms with Crippen LogP contribution in [0.3, 0.4) is 0 Å². The van der Waals surface area contributed by atoms with Gasteiger partial charge in [-0.05, 0) is 45.7 Å². The molecule has 1 aliphatic heterocycles. The molecule has 2 heterocycles. The summed E-state index contributed by atoms with van der Waals surface area (Å²) in [4.78, 5) is 13.8. The quantitative estimate of drug-likeness (QED) is 0.837. The highest BCUT2D eigenvalue weighted by Crippen LogP contribution is 2.25. The Morgan fingerprint density at radius 1 is 1.65 bits per heavy atom. The lowest BCUT2D eigenvalue weighted by molar-refractivity contribution is 0.0559. The van der Waals surface area contributed by atoms with Crippen LogP contribution in [0.5, 0.6) is 0 Å². The maximum absolute atomic E-state index is 11.5. The fourth-order valence-electron chi connectivity index (χ4n) is 2.89. The van der Waals surface area contributed by atoms with Crippen LogP contribution in [0.1, 0.15) is 48.1 Å². The van der Waals surface area contributed by atoms with Crippen LogP contribution in [-0.2, 0) is 11.3 Å². The number of nitrogens with zero attached hydrogens (tertiary/aromatic N) is 1. The summed E-state index contributed by atoms with van der Waals surface area (Å²) < 4.78 is 10.3. The lowest BCUT2D eigenvalue weighted by atomic mass is 10.1. The van der Waals surface area contributed by atoms with Crippen LogP contribution in [-0.4, -0.2) is 41.8 Å². The van der Waals surface area contributed by atoms with Gasteiger partial charge in [0, 0.05) is 11.6 Å². The Balaban J connectivity index is 2.04. The SMILES string of the molecule is COC(=O)c1oc(CN2CCCC2CC(C)O)cc1C. The molecule has 0 radical (unpaired) electrons. The molecule has 1 aliphatic rings. The van der Waals surface area contributed by atoms with Gasteiger partial charge in [0.05, 0.1) is 19.8 Å². The second-order valence-electron chi connectivity index (χ2n) is 5.57. The van der Waals surface area contributed by atoms with Crippen LogP contribution in [0.4, 0.5) is 0 Å². The van der Waals surface area contributed by atoms with Gasteiger partial charge < -0.3 is 14.3 Å². The van der Waals surface area contributed by atoms with E-state index < -0.39 is 5.97 Å². The fourth-order valence-corrected chi connectivity index (χ4v) is 2.89. The van der Waals surface area contributed by atoms with Crippen LogP contribution in [0, 0.1) is 6.92 Å². The topological polar surface area (TPSA) is 62.9 Å². The molecule has 1 aromatic rings. The average Bonchev–Trinajstić information content (AvgIpc) is 2.96. The monoisotopic (exact) mass is 281 g/mol. The van der Waals surface area contributed by atoms with E-state index in [1.54, 1.807) is 0 Å². The molecule has 0 bridgehead atoms. The van der Waals surface area contributed by atoms with Crippen molar-refractivity contribution in [3.05, 3.63) is 23.2 Å². The Labute approximate surface area is 119 Å². The molecule has 0 amide bonds. The first-order chi connectivity index (χ1) is 9.51. The van der Waals surface area contributed by atoms with Gasteiger partial charge in [0.25, 0.3) is 0 Å². The molecule has 0 saturated carbocycles. The van der Waals surface area contributed by atoms with E-state index in [9.17, 15) is 9.90 Å². The number of carbonyl (C=O) groups is 1. The molecule has 1 fully saturated rings. The average molecular weight is 281 g/mol. The third-order valence-electron chi connectivity index (χ3n) is 3.81. The summed E-state index contributed by atoms with van der Waals surface area (Å²) in [6.45, 7) is 5.35. The van der Waals surface area contributed by atoms with Crippen LogP contribution in [0.25, 0.3) is 0 Å². The molecular weight excluding hydrogens is 258 g/mol. The summed E-state index contributed by atoms with van der Waals surface area (Å²) in [5, 5.41) is 9.54. The number of aliphatic hydroxyl groups excluding tert-OH is 1. The standard InChI is InChI=1S/C15H23NO4/c1-10-7-13(20-14(10)15(18)19-3)9-16-6-4-5-12(16)8-11(2)17/h7,11-12,17H,4-6,8-9H2,1-3H3. The second-order valence-corrected chi connectivity index (χ2v) is 5.57. The molecule has 112 valence electrons. The van der Waals surface area contributed by atoms with Crippen molar-refractivity contribution < 1.29 is 19.1 Å². The van der Waals surface area contributed by atoms with Gasteiger partial charge >= 0.3 is 5.97 Å². The van der Waals surface area contributed by atoms with E-state index in [-0.39, 0.29) is 11.9 Å². The van der Waals surface area contributed by atoms with E-state index in [0.717, 1.165) is 37.1 Å². The Hall–Kier alpha value is -1.33. The molecule has 20 heavy (non-hydrogen) atoms. The summed E-state index contributed by atoms with van der Waals surface area (Å²) >= 11 is 0. The number of rotatable bonds is 5. The predicted octanol–water partition coefficient (Wildman–Crippen LogP) is 2.11. The number of furan rings is 1. The Morgan fingerprint density at radius 2 is 2.40 bits per heavy atom. The molecule has 1 saturated heterocycles. The zero-order valence-corrected chi connectivity index (χ0v) is 12.4. The van der Waals surface area contributed by atoms with Crippen LogP contribution in [0.15, 0.2) is 10.5 Å². The predicted molar refractivity (Wildman–Crippen MR) is 74.5 cm³/mol. The second kappa shape index (κ2) is 6.41. The molecule has 0 aliphatic carbocycles. The smallest absolute Gasteiger partial charge is 0.374 e. The third-order valence-corrected chi connectivity index (χ3v) is 3.81. The third kappa shape index (κ3) is 3.41. The van der Waals surface area contributed by atoms with Gasteiger partial charge in [0.15, 0.2) is 0 Å². The van der Waals surface area contributed by atoms with Gasteiger partial charge in [-0.2, -0.15) is 0 Å². The number of aryl methyl sites for hydroxylation is 1. The molecule has 2 unspecified atom stereocenters. The summed E-state index contributed by atoms with van der Waals surface area (Å²) in [7, 11) is 1.35. The van der Waals surface area contributed by atoms with Gasteiger partial charge in [0.2, 0.25) is 5.76 Å². The lowest BCUT2D eigenvalue weighted by Gasteiger charge is -2.24. The molecule has 2 atom stereocenters. The van der Waals surface area contributed by atoms with Crippen molar-refractivity contribution in [1.29, 1.82) is 0 Å². The van der Waals surface area contributed by atoms with Crippen molar-refractivity contribution in [2.45, 2.75) is 51.8 Å². The first-order valence-electron chi connectivity index (χ1n) is 7.11. The van der Waals surface area contributed by atoms with Gasteiger partial charge in [-0.15, -0.1) is 0 Å². The summed E-state index contributed by atoms with van der Waals surface area (Å²) in [6, 6.07) is 2.28. The van der Waals surface area contributed by atoms with Crippen LogP contribution in [0.2, 0.25) is 0 Å². The van der Waals surface area contributed by atoms with E-state index in [1.165, 1.54) is 7.11 Å². The number of hydrogen-bond acceptors (Lipinski definition) is 5. The number of carbonyl (C=O) groups excluding carboxylic acids is 1. The van der Waals surface area contributed by atoms with Crippen molar-refractivity contribution >= 4 is 5.97 Å². The zero-order chi connectivity index (χ0) is 14.7. The van der Waals surface area contributed by atoms with Gasteiger partial charge in [-0.1, -0.05) is 0 Å². The molecule has 1 aromatic heterocycles. The maximum atomic E-state index is 11.5. The number of methoxy groups -OCH3 is 1. The zero-order valence-electron chi connectivity index (χ0n) is 12.4. The van der Waals surface area contributed by atoms with Crippen molar-refractivity contribution in [2.75, 3.05) is 13.7 Å². The van der Waals surface area contributed by atoms with Crippen molar-refractivity contribution in [2.24, 2.45) is 0 Å². The minimum atomic E-state index is -0.435. The fraction of sp³-hybridized carbons (Fsp3) is 0.667. The largest absolute Gasteiger partial charge is 0.463 e. The number of likely N-dealkylation sites (tertiary alicyclic amines) is 1. The minimum Gasteiger partial charge on any atom is -0.463 e. The summed E-state index contributed by atoms with van der Waals surface area (Å²) in [6.07, 6.45) is 2.74. The lowest BCUT2D eigenvalue weighted by Crippen LogP contribution is -2.31. The molecular formula is C15H23NO4. The number of aliphatic hydroxyl groups is 1. The normalized spacial score (nSPS) is 21.1. The van der Waals surface area contributed by atoms with E-state index in [0.29, 0.717) is 12.6 Å². The maximum Gasteiger partial charge on any atom is 0.374 e. The highest BCUT2D eigenvalue weighted by molar-refractivity contribution is 5.87. The van der Waals surface area contributed by atoms with Gasteiger partial charge in [0.1, 0.15) is 5.76 Å². The van der Waals surface area contributed by atoms with Gasteiger partial charge in [-0.25, -0.2) is 4.79 Å².